The Balaban J connectivity index is 3.14. The zero-order valence-corrected chi connectivity index (χ0v) is 11.7. The molecular weight excluding hydrogens is 302 g/mol. The number of halogens is 1. The molecule has 1 aromatic rings. The molecule has 0 fully saturated rings. The third-order valence-electron chi connectivity index (χ3n) is 1.95. The van der Waals surface area contributed by atoms with Crippen molar-refractivity contribution >= 4 is 37.2 Å². The molecular formula is C9H10ClNO5S2. The molecule has 0 saturated heterocycles. The predicted octanol–water partition coefficient (Wildman–Crippen LogP) is 2.26. The number of non-ortho nitro benzene ring substituents is 1. The lowest BCUT2D eigenvalue weighted by atomic mass is 10.3. The van der Waals surface area contributed by atoms with Crippen LogP contribution in [0, 0.1) is 10.1 Å². The normalized spacial score (nSPS) is 11.2. The number of thioether (sulfide) groups is 1. The van der Waals surface area contributed by atoms with Gasteiger partial charge in [-0.15, -0.1) is 0 Å². The number of nitro groups is 1. The molecule has 0 atom stereocenters. The zero-order valence-electron chi connectivity index (χ0n) is 9.33. The van der Waals surface area contributed by atoms with Gasteiger partial charge >= 0.3 is 0 Å². The van der Waals surface area contributed by atoms with E-state index in [1.807, 2.05) is 6.26 Å². The first kappa shape index (κ1) is 15.1. The Hall–Kier alpha value is -0.990. The average molecular weight is 312 g/mol. The second kappa shape index (κ2) is 6.26. The standard InChI is InChI=1S/C9H10ClNO5S2/c1-17-5-4-16-8-3-2-7(11(12)13)6-9(8)18(10,14)15/h2-3,6H,4-5H2,1H3. The average Bonchev–Trinajstić information content (AvgIpc) is 2.28. The second-order valence-electron chi connectivity index (χ2n) is 3.17. The van der Waals surface area contributed by atoms with Gasteiger partial charge in [0.15, 0.2) is 0 Å². The monoisotopic (exact) mass is 311 g/mol. The summed E-state index contributed by atoms with van der Waals surface area (Å²) in [6, 6.07) is 3.28. The third-order valence-corrected chi connectivity index (χ3v) is 3.86. The topological polar surface area (TPSA) is 86.5 Å². The fourth-order valence-corrected chi connectivity index (χ4v) is 2.40. The maximum absolute atomic E-state index is 11.3. The van der Waals surface area contributed by atoms with E-state index in [0.29, 0.717) is 12.4 Å². The molecule has 0 spiro atoms. The third kappa shape index (κ3) is 4.04. The van der Waals surface area contributed by atoms with Gasteiger partial charge in [0.1, 0.15) is 10.6 Å². The van der Waals surface area contributed by atoms with Crippen LogP contribution in [0.15, 0.2) is 23.1 Å². The smallest absolute Gasteiger partial charge is 0.271 e. The Bertz CT molecular complexity index is 546. The van der Waals surface area contributed by atoms with Gasteiger partial charge in [0.05, 0.1) is 11.5 Å². The van der Waals surface area contributed by atoms with Crippen LogP contribution in [0.1, 0.15) is 0 Å². The second-order valence-corrected chi connectivity index (χ2v) is 6.69. The number of hydrogen-bond acceptors (Lipinski definition) is 6. The van der Waals surface area contributed by atoms with Crippen molar-refractivity contribution in [1.29, 1.82) is 0 Å². The molecule has 0 amide bonds. The highest BCUT2D eigenvalue weighted by Gasteiger charge is 2.21. The van der Waals surface area contributed by atoms with Crippen LogP contribution in [0.25, 0.3) is 0 Å². The summed E-state index contributed by atoms with van der Waals surface area (Å²) in [6.07, 6.45) is 1.87. The maximum Gasteiger partial charge on any atom is 0.271 e. The first-order chi connectivity index (χ1) is 8.36. The molecule has 1 aromatic carbocycles. The molecule has 0 aliphatic rings. The summed E-state index contributed by atoms with van der Waals surface area (Å²) in [5, 5.41) is 10.6. The van der Waals surface area contributed by atoms with Crippen molar-refractivity contribution in [2.24, 2.45) is 0 Å². The van der Waals surface area contributed by atoms with Crippen LogP contribution in [0.4, 0.5) is 5.69 Å². The lowest BCUT2D eigenvalue weighted by Gasteiger charge is -2.08. The summed E-state index contributed by atoms with van der Waals surface area (Å²) < 4.78 is 27.9. The molecule has 0 radical (unpaired) electrons. The number of ether oxygens (including phenoxy) is 1. The van der Waals surface area contributed by atoms with Gasteiger partial charge in [-0.1, -0.05) is 0 Å². The van der Waals surface area contributed by atoms with E-state index in [1.165, 1.54) is 23.9 Å². The molecule has 1 rings (SSSR count). The lowest BCUT2D eigenvalue weighted by molar-refractivity contribution is -0.385. The molecule has 18 heavy (non-hydrogen) atoms. The first-order valence-electron chi connectivity index (χ1n) is 4.71. The molecule has 100 valence electrons. The Morgan fingerprint density at radius 3 is 2.67 bits per heavy atom. The van der Waals surface area contributed by atoms with Gasteiger partial charge in [0.2, 0.25) is 0 Å². The summed E-state index contributed by atoms with van der Waals surface area (Å²) >= 11 is 1.53. The van der Waals surface area contributed by atoms with E-state index in [-0.39, 0.29) is 16.3 Å². The van der Waals surface area contributed by atoms with E-state index in [9.17, 15) is 18.5 Å². The highest BCUT2D eigenvalue weighted by Crippen LogP contribution is 2.30. The number of benzene rings is 1. The van der Waals surface area contributed by atoms with Crippen LogP contribution in [0.3, 0.4) is 0 Å². The van der Waals surface area contributed by atoms with Crippen LogP contribution in [-0.4, -0.2) is 32.0 Å². The number of rotatable bonds is 6. The van der Waals surface area contributed by atoms with E-state index < -0.39 is 14.0 Å². The highest BCUT2D eigenvalue weighted by atomic mass is 35.7. The van der Waals surface area contributed by atoms with Gasteiger partial charge in [0.25, 0.3) is 14.7 Å². The van der Waals surface area contributed by atoms with Gasteiger partial charge < -0.3 is 4.74 Å². The van der Waals surface area contributed by atoms with Crippen molar-refractivity contribution in [1.82, 2.24) is 0 Å². The van der Waals surface area contributed by atoms with Crippen molar-refractivity contribution in [3.63, 3.8) is 0 Å². The van der Waals surface area contributed by atoms with E-state index in [4.69, 9.17) is 15.4 Å². The number of nitrogens with zero attached hydrogens (tertiary/aromatic N) is 1. The summed E-state index contributed by atoms with van der Waals surface area (Å²) in [5.74, 6) is 0.684. The Morgan fingerprint density at radius 1 is 1.50 bits per heavy atom. The highest BCUT2D eigenvalue weighted by molar-refractivity contribution is 8.13. The van der Waals surface area contributed by atoms with Crippen LogP contribution in [0.2, 0.25) is 0 Å². The van der Waals surface area contributed by atoms with Crippen LogP contribution in [-0.2, 0) is 9.05 Å². The molecule has 0 saturated carbocycles. The predicted molar refractivity (Wildman–Crippen MR) is 70.0 cm³/mol. The minimum absolute atomic E-state index is 0.0182. The van der Waals surface area contributed by atoms with Crippen molar-refractivity contribution in [2.75, 3.05) is 18.6 Å². The van der Waals surface area contributed by atoms with Crippen molar-refractivity contribution in [3.05, 3.63) is 28.3 Å². The zero-order chi connectivity index (χ0) is 13.8. The van der Waals surface area contributed by atoms with Crippen LogP contribution in [0.5, 0.6) is 5.75 Å². The SMILES string of the molecule is CSCCOc1ccc([N+](=O)[O-])cc1S(=O)(=O)Cl. The molecule has 0 bridgehead atoms. The van der Waals surface area contributed by atoms with Gasteiger partial charge in [-0.2, -0.15) is 11.8 Å². The van der Waals surface area contributed by atoms with Crippen molar-refractivity contribution in [3.8, 4) is 5.75 Å². The minimum Gasteiger partial charge on any atom is -0.491 e. The molecule has 0 heterocycles. The Labute approximate surface area is 113 Å². The molecule has 6 nitrogen and oxygen atoms in total. The van der Waals surface area contributed by atoms with E-state index in [0.717, 1.165) is 6.07 Å². The molecule has 0 aliphatic carbocycles. The van der Waals surface area contributed by atoms with E-state index >= 15 is 0 Å². The minimum atomic E-state index is -4.09. The first-order valence-corrected chi connectivity index (χ1v) is 8.41. The lowest BCUT2D eigenvalue weighted by Crippen LogP contribution is -2.04. The van der Waals surface area contributed by atoms with Gasteiger partial charge in [-0.25, -0.2) is 8.42 Å². The molecule has 0 aliphatic heterocycles. The molecule has 0 N–H and O–H groups in total. The van der Waals surface area contributed by atoms with E-state index in [2.05, 4.69) is 0 Å². The number of nitro benzene ring substituents is 1. The van der Waals surface area contributed by atoms with Gasteiger partial charge in [0, 0.05) is 28.6 Å². The van der Waals surface area contributed by atoms with Gasteiger partial charge in [-0.05, 0) is 12.3 Å². The Morgan fingerprint density at radius 2 is 2.17 bits per heavy atom. The van der Waals surface area contributed by atoms with Crippen molar-refractivity contribution < 1.29 is 18.1 Å². The summed E-state index contributed by atoms with van der Waals surface area (Å²) in [7, 11) is 1.13. The number of hydrogen-bond donors (Lipinski definition) is 0. The molecule has 9 heteroatoms. The van der Waals surface area contributed by atoms with Crippen LogP contribution >= 0.6 is 22.4 Å². The fourth-order valence-electron chi connectivity index (χ4n) is 1.16. The quantitative estimate of drug-likeness (QED) is 0.346. The largest absolute Gasteiger partial charge is 0.491 e. The Kier molecular flexibility index (Phi) is 5.24. The maximum atomic E-state index is 11.3. The summed E-state index contributed by atoms with van der Waals surface area (Å²) in [5.41, 5.74) is -0.355. The van der Waals surface area contributed by atoms with Crippen LogP contribution < -0.4 is 4.74 Å². The fraction of sp³-hybridized carbons (Fsp3) is 0.333. The van der Waals surface area contributed by atoms with E-state index in [1.54, 1.807) is 0 Å². The summed E-state index contributed by atoms with van der Waals surface area (Å²) in [6.45, 7) is 0.290. The van der Waals surface area contributed by atoms with Crippen molar-refractivity contribution in [2.45, 2.75) is 4.90 Å². The molecule has 0 aromatic heterocycles. The molecule has 0 unspecified atom stereocenters. The summed E-state index contributed by atoms with van der Waals surface area (Å²) in [4.78, 5) is 9.49. The van der Waals surface area contributed by atoms with Gasteiger partial charge in [-0.3, -0.25) is 10.1 Å².